The van der Waals surface area contributed by atoms with E-state index >= 15 is 0 Å². The minimum atomic E-state index is -0.545. The average molecular weight is 349 g/mol. The molecular formula is C17H17ClN2O4. The molecule has 0 N–H and O–H groups in total. The van der Waals surface area contributed by atoms with Crippen molar-refractivity contribution in [3.63, 3.8) is 0 Å². The Balaban J connectivity index is 1.92. The Kier molecular flexibility index (Phi) is 5.76. The van der Waals surface area contributed by atoms with Crippen LogP contribution in [0.1, 0.15) is 11.1 Å². The highest BCUT2D eigenvalue weighted by Crippen LogP contribution is 2.28. The number of nitro benzene ring substituents is 1. The Hall–Kier alpha value is -2.60. The van der Waals surface area contributed by atoms with Crippen molar-refractivity contribution in [2.24, 2.45) is 0 Å². The van der Waals surface area contributed by atoms with Crippen molar-refractivity contribution in [1.82, 2.24) is 4.90 Å². The van der Waals surface area contributed by atoms with Crippen molar-refractivity contribution in [3.8, 4) is 5.75 Å². The van der Waals surface area contributed by atoms with E-state index in [-0.39, 0.29) is 29.0 Å². The first kappa shape index (κ1) is 17.7. The number of likely N-dealkylation sites (N-methyl/N-ethyl adjacent to an activating group) is 1. The fourth-order valence-corrected chi connectivity index (χ4v) is 2.25. The fourth-order valence-electron chi connectivity index (χ4n) is 2.03. The van der Waals surface area contributed by atoms with Gasteiger partial charge in [-0.1, -0.05) is 41.4 Å². The minimum Gasteiger partial charge on any atom is -0.482 e. The predicted molar refractivity (Wildman–Crippen MR) is 91.3 cm³/mol. The third-order valence-corrected chi connectivity index (χ3v) is 3.74. The van der Waals surface area contributed by atoms with Crippen molar-refractivity contribution in [2.45, 2.75) is 13.5 Å². The van der Waals surface area contributed by atoms with Crippen LogP contribution in [0.3, 0.4) is 0 Å². The Morgan fingerprint density at radius 3 is 2.50 bits per heavy atom. The van der Waals surface area contributed by atoms with E-state index in [1.54, 1.807) is 11.9 Å². The molecule has 2 rings (SSSR count). The van der Waals surface area contributed by atoms with E-state index in [9.17, 15) is 14.9 Å². The molecule has 0 fully saturated rings. The number of hydrogen-bond acceptors (Lipinski definition) is 4. The van der Waals surface area contributed by atoms with Crippen LogP contribution < -0.4 is 4.74 Å². The van der Waals surface area contributed by atoms with Crippen molar-refractivity contribution >= 4 is 23.2 Å². The second-order valence-electron chi connectivity index (χ2n) is 5.40. The Bertz CT molecular complexity index is 747. The Labute approximate surface area is 144 Å². The largest absolute Gasteiger partial charge is 0.482 e. The molecule has 0 atom stereocenters. The van der Waals surface area contributed by atoms with Gasteiger partial charge in [-0.3, -0.25) is 14.9 Å². The summed E-state index contributed by atoms with van der Waals surface area (Å²) in [5.74, 6) is 0.0179. The topological polar surface area (TPSA) is 72.7 Å². The van der Waals surface area contributed by atoms with Gasteiger partial charge in [0, 0.05) is 25.7 Å². The molecule has 0 saturated heterocycles. The van der Waals surface area contributed by atoms with Crippen molar-refractivity contribution in [3.05, 3.63) is 68.7 Å². The van der Waals surface area contributed by atoms with Crippen LogP contribution >= 0.6 is 11.6 Å². The number of non-ortho nitro benzene ring substituents is 1. The van der Waals surface area contributed by atoms with Gasteiger partial charge in [0.1, 0.15) is 5.75 Å². The van der Waals surface area contributed by atoms with Crippen molar-refractivity contribution in [2.75, 3.05) is 13.7 Å². The summed E-state index contributed by atoms with van der Waals surface area (Å²) in [7, 11) is 1.68. The molecular weight excluding hydrogens is 332 g/mol. The van der Waals surface area contributed by atoms with E-state index in [4.69, 9.17) is 16.3 Å². The van der Waals surface area contributed by atoms with E-state index in [2.05, 4.69) is 0 Å². The summed E-state index contributed by atoms with van der Waals surface area (Å²) in [5, 5.41) is 10.8. The van der Waals surface area contributed by atoms with Crippen molar-refractivity contribution in [1.29, 1.82) is 0 Å². The summed E-state index contributed by atoms with van der Waals surface area (Å²) < 4.78 is 5.37. The van der Waals surface area contributed by atoms with E-state index < -0.39 is 4.92 Å². The molecule has 0 radical (unpaired) electrons. The number of nitro groups is 1. The molecule has 7 heteroatoms. The van der Waals surface area contributed by atoms with Gasteiger partial charge < -0.3 is 9.64 Å². The van der Waals surface area contributed by atoms with Gasteiger partial charge >= 0.3 is 0 Å². The molecule has 2 aromatic carbocycles. The van der Waals surface area contributed by atoms with Crippen LogP contribution in [-0.2, 0) is 11.3 Å². The number of amides is 1. The molecule has 24 heavy (non-hydrogen) atoms. The normalized spacial score (nSPS) is 10.3. The van der Waals surface area contributed by atoms with E-state index in [1.807, 2.05) is 31.2 Å². The Morgan fingerprint density at radius 1 is 1.25 bits per heavy atom. The monoisotopic (exact) mass is 348 g/mol. The van der Waals surface area contributed by atoms with Crippen LogP contribution in [0.15, 0.2) is 42.5 Å². The molecule has 1 amide bonds. The molecule has 0 aromatic heterocycles. The number of nitrogens with zero attached hydrogens (tertiary/aromatic N) is 2. The summed E-state index contributed by atoms with van der Waals surface area (Å²) in [6, 6.07) is 11.8. The van der Waals surface area contributed by atoms with Gasteiger partial charge in [0.05, 0.1) is 9.95 Å². The van der Waals surface area contributed by atoms with E-state index in [0.29, 0.717) is 6.54 Å². The lowest BCUT2D eigenvalue weighted by Gasteiger charge is -2.18. The first-order chi connectivity index (χ1) is 11.4. The first-order valence-electron chi connectivity index (χ1n) is 7.23. The van der Waals surface area contributed by atoms with Crippen LogP contribution in [0.4, 0.5) is 5.69 Å². The molecule has 126 valence electrons. The molecule has 0 saturated carbocycles. The summed E-state index contributed by atoms with van der Waals surface area (Å²) in [4.78, 5) is 23.8. The molecule has 0 spiro atoms. The molecule has 0 aliphatic heterocycles. The third kappa shape index (κ3) is 4.70. The minimum absolute atomic E-state index is 0.0955. The molecule has 0 aliphatic carbocycles. The van der Waals surface area contributed by atoms with E-state index in [1.165, 1.54) is 18.2 Å². The molecule has 0 unspecified atom stereocenters. The lowest BCUT2D eigenvalue weighted by Crippen LogP contribution is -2.31. The zero-order valence-corrected chi connectivity index (χ0v) is 14.1. The van der Waals surface area contributed by atoms with Gasteiger partial charge in [-0.25, -0.2) is 0 Å². The van der Waals surface area contributed by atoms with Gasteiger partial charge in [0.2, 0.25) is 0 Å². The lowest BCUT2D eigenvalue weighted by molar-refractivity contribution is -0.384. The maximum absolute atomic E-state index is 12.1. The predicted octanol–water partition coefficient (Wildman–Crippen LogP) is 3.59. The standard InChI is InChI=1S/C17H17ClN2O4/c1-12-3-5-13(6-4-12)10-19(2)17(21)11-24-16-8-7-14(20(22)23)9-15(16)18/h3-9H,10-11H2,1-2H3. The van der Waals surface area contributed by atoms with Gasteiger partial charge in [-0.15, -0.1) is 0 Å². The molecule has 0 aliphatic rings. The van der Waals surface area contributed by atoms with Crippen LogP contribution in [0.5, 0.6) is 5.75 Å². The number of ether oxygens (including phenoxy) is 1. The van der Waals surface area contributed by atoms with Gasteiger partial charge in [0.15, 0.2) is 6.61 Å². The zero-order chi connectivity index (χ0) is 17.7. The summed E-state index contributed by atoms with van der Waals surface area (Å²) >= 11 is 5.93. The van der Waals surface area contributed by atoms with Crippen LogP contribution in [0, 0.1) is 17.0 Å². The highest BCUT2D eigenvalue weighted by molar-refractivity contribution is 6.32. The smallest absolute Gasteiger partial charge is 0.271 e. The molecule has 2 aromatic rings. The summed E-state index contributed by atoms with van der Waals surface area (Å²) in [6.07, 6.45) is 0. The first-order valence-corrected chi connectivity index (χ1v) is 7.61. The third-order valence-electron chi connectivity index (χ3n) is 3.44. The second kappa shape index (κ2) is 7.79. The van der Waals surface area contributed by atoms with Crippen molar-refractivity contribution < 1.29 is 14.5 Å². The molecule has 0 heterocycles. The number of aryl methyl sites for hydroxylation is 1. The van der Waals surface area contributed by atoms with Gasteiger partial charge in [0.25, 0.3) is 11.6 Å². The zero-order valence-electron chi connectivity index (χ0n) is 13.4. The number of rotatable bonds is 6. The summed E-state index contributed by atoms with van der Waals surface area (Å²) in [5.41, 5.74) is 2.05. The van der Waals surface area contributed by atoms with E-state index in [0.717, 1.165) is 11.1 Å². The molecule has 0 bridgehead atoms. The summed E-state index contributed by atoms with van der Waals surface area (Å²) in [6.45, 7) is 2.27. The van der Waals surface area contributed by atoms with Crippen LogP contribution in [0.2, 0.25) is 5.02 Å². The second-order valence-corrected chi connectivity index (χ2v) is 5.80. The maximum Gasteiger partial charge on any atom is 0.271 e. The lowest BCUT2D eigenvalue weighted by atomic mass is 10.1. The number of carbonyl (C=O) groups is 1. The van der Waals surface area contributed by atoms with Gasteiger partial charge in [-0.05, 0) is 18.6 Å². The highest BCUT2D eigenvalue weighted by atomic mass is 35.5. The average Bonchev–Trinajstić information content (AvgIpc) is 2.55. The fraction of sp³-hybridized carbons (Fsp3) is 0.235. The SMILES string of the molecule is Cc1ccc(CN(C)C(=O)COc2ccc([N+](=O)[O-])cc2Cl)cc1. The maximum atomic E-state index is 12.1. The number of halogens is 1. The van der Waals surface area contributed by atoms with Crippen LogP contribution in [-0.4, -0.2) is 29.4 Å². The molecule has 6 nitrogen and oxygen atoms in total. The quantitative estimate of drug-likeness (QED) is 0.590. The number of hydrogen-bond donors (Lipinski definition) is 0. The number of carbonyl (C=O) groups excluding carboxylic acids is 1. The van der Waals surface area contributed by atoms with Gasteiger partial charge in [-0.2, -0.15) is 0 Å². The highest BCUT2D eigenvalue weighted by Gasteiger charge is 2.14. The van der Waals surface area contributed by atoms with Crippen LogP contribution in [0.25, 0.3) is 0 Å². The number of benzene rings is 2. The Morgan fingerprint density at radius 2 is 1.92 bits per heavy atom.